The Bertz CT molecular complexity index is 617. The molecule has 0 bridgehead atoms. The van der Waals surface area contributed by atoms with Gasteiger partial charge in [-0.3, -0.25) is 10.1 Å². The molecule has 1 aliphatic rings. The maximum atomic E-state index is 12.1. The fourth-order valence-corrected chi connectivity index (χ4v) is 3.94. The molecule has 1 aliphatic heterocycles. The zero-order valence-electron chi connectivity index (χ0n) is 10.9. The lowest BCUT2D eigenvalue weighted by molar-refractivity contribution is 0.103. The van der Waals surface area contributed by atoms with E-state index in [1.54, 1.807) is 11.3 Å². The number of thiophene rings is 1. The molecule has 6 heteroatoms. The van der Waals surface area contributed by atoms with Crippen LogP contribution in [0.15, 0.2) is 12.1 Å². The number of carbonyl (C=O) groups is 1. The summed E-state index contributed by atoms with van der Waals surface area (Å²) in [4.78, 5) is 22.0. The Kier molecular flexibility index (Phi) is 3.38. The van der Waals surface area contributed by atoms with Crippen molar-refractivity contribution in [1.82, 2.24) is 9.88 Å². The summed E-state index contributed by atoms with van der Waals surface area (Å²) in [6, 6.07) is 3.82. The van der Waals surface area contributed by atoms with Crippen molar-refractivity contribution >= 4 is 33.7 Å². The summed E-state index contributed by atoms with van der Waals surface area (Å²) in [5.41, 5.74) is 1.14. The number of rotatable bonds is 2. The number of carbonyl (C=O) groups excluding carboxylic acids is 1. The van der Waals surface area contributed by atoms with Crippen molar-refractivity contribution in [2.45, 2.75) is 19.9 Å². The maximum Gasteiger partial charge on any atom is 0.267 e. The molecule has 100 valence electrons. The average Bonchev–Trinajstić information content (AvgIpc) is 2.94. The average molecular weight is 293 g/mol. The number of hydrogen-bond acceptors (Lipinski definition) is 5. The number of likely N-dealkylation sites (N-methyl/N-ethyl adjacent to an activating group) is 1. The molecule has 0 saturated heterocycles. The van der Waals surface area contributed by atoms with Crippen molar-refractivity contribution in [2.75, 3.05) is 18.9 Å². The van der Waals surface area contributed by atoms with E-state index in [4.69, 9.17) is 0 Å². The second-order valence-electron chi connectivity index (χ2n) is 4.74. The Morgan fingerprint density at radius 2 is 2.26 bits per heavy atom. The molecule has 1 amide bonds. The van der Waals surface area contributed by atoms with Crippen LogP contribution in [0.2, 0.25) is 0 Å². The van der Waals surface area contributed by atoms with Gasteiger partial charge in [-0.2, -0.15) is 0 Å². The quantitative estimate of drug-likeness (QED) is 0.926. The highest BCUT2D eigenvalue weighted by Crippen LogP contribution is 2.28. The lowest BCUT2D eigenvalue weighted by atomic mass is 10.2. The molecular formula is C13H15N3OS2. The minimum Gasteiger partial charge on any atom is -0.301 e. The highest BCUT2D eigenvalue weighted by atomic mass is 32.1. The largest absolute Gasteiger partial charge is 0.301 e. The number of anilines is 1. The summed E-state index contributed by atoms with van der Waals surface area (Å²) in [5, 5.41) is 3.62. The van der Waals surface area contributed by atoms with Gasteiger partial charge in [0.15, 0.2) is 5.13 Å². The van der Waals surface area contributed by atoms with E-state index in [-0.39, 0.29) is 5.91 Å². The lowest BCUT2D eigenvalue weighted by Gasteiger charge is -2.20. The number of amides is 1. The smallest absolute Gasteiger partial charge is 0.267 e. The zero-order valence-corrected chi connectivity index (χ0v) is 12.5. The van der Waals surface area contributed by atoms with Gasteiger partial charge in [0, 0.05) is 29.3 Å². The van der Waals surface area contributed by atoms with Crippen molar-refractivity contribution in [3.05, 3.63) is 32.5 Å². The molecule has 19 heavy (non-hydrogen) atoms. The molecule has 2 aromatic rings. The van der Waals surface area contributed by atoms with E-state index < -0.39 is 0 Å². The fraction of sp³-hybridized carbons (Fsp3) is 0.385. The van der Waals surface area contributed by atoms with Gasteiger partial charge >= 0.3 is 0 Å². The van der Waals surface area contributed by atoms with Gasteiger partial charge in [-0.15, -0.1) is 22.7 Å². The van der Waals surface area contributed by atoms with Gasteiger partial charge in [-0.1, -0.05) is 0 Å². The van der Waals surface area contributed by atoms with Gasteiger partial charge in [-0.25, -0.2) is 4.98 Å². The number of hydrogen-bond donors (Lipinski definition) is 1. The molecule has 0 aromatic carbocycles. The van der Waals surface area contributed by atoms with Crippen molar-refractivity contribution in [3.63, 3.8) is 0 Å². The molecule has 0 fully saturated rings. The monoisotopic (exact) mass is 293 g/mol. The molecule has 3 heterocycles. The van der Waals surface area contributed by atoms with Crippen LogP contribution in [0.1, 0.15) is 25.1 Å². The predicted molar refractivity (Wildman–Crippen MR) is 79.2 cm³/mol. The van der Waals surface area contributed by atoms with E-state index in [9.17, 15) is 4.79 Å². The maximum absolute atomic E-state index is 12.1. The molecule has 1 N–H and O–H groups in total. The van der Waals surface area contributed by atoms with Crippen LogP contribution in [0, 0.1) is 6.92 Å². The first-order chi connectivity index (χ1) is 9.11. The van der Waals surface area contributed by atoms with Crippen molar-refractivity contribution in [1.29, 1.82) is 0 Å². The first-order valence-corrected chi connectivity index (χ1v) is 7.80. The van der Waals surface area contributed by atoms with Crippen molar-refractivity contribution in [3.8, 4) is 0 Å². The summed E-state index contributed by atoms with van der Waals surface area (Å²) in [5.74, 6) is -0.0578. The number of aryl methyl sites for hydroxylation is 1. The molecule has 2 aromatic heterocycles. The molecule has 0 spiro atoms. The molecule has 0 unspecified atom stereocenters. The Morgan fingerprint density at radius 1 is 1.42 bits per heavy atom. The predicted octanol–water partition coefficient (Wildman–Crippen LogP) is 2.75. The van der Waals surface area contributed by atoms with Crippen LogP contribution in [-0.2, 0) is 13.0 Å². The van der Waals surface area contributed by atoms with Crippen LogP contribution in [0.5, 0.6) is 0 Å². The number of nitrogens with zero attached hydrogens (tertiary/aromatic N) is 2. The first-order valence-electron chi connectivity index (χ1n) is 6.17. The van der Waals surface area contributed by atoms with E-state index in [2.05, 4.69) is 22.2 Å². The van der Waals surface area contributed by atoms with Gasteiger partial charge in [0.2, 0.25) is 0 Å². The van der Waals surface area contributed by atoms with Gasteiger partial charge in [0.25, 0.3) is 5.91 Å². The van der Waals surface area contributed by atoms with Crippen LogP contribution < -0.4 is 5.32 Å². The number of aromatic nitrogens is 1. The van der Waals surface area contributed by atoms with E-state index in [1.807, 2.05) is 19.1 Å². The third kappa shape index (κ3) is 2.70. The highest BCUT2D eigenvalue weighted by molar-refractivity contribution is 7.16. The number of nitrogens with one attached hydrogen (secondary N) is 1. The van der Waals surface area contributed by atoms with Crippen LogP contribution in [-0.4, -0.2) is 29.4 Å². The fourth-order valence-electron chi connectivity index (χ4n) is 2.09. The van der Waals surface area contributed by atoms with Crippen molar-refractivity contribution in [2.24, 2.45) is 0 Å². The van der Waals surface area contributed by atoms with E-state index in [0.29, 0.717) is 0 Å². The number of fused-ring (bicyclic) bond motifs is 1. The minimum absolute atomic E-state index is 0.0578. The molecule has 0 atom stereocenters. The van der Waals surface area contributed by atoms with E-state index in [1.165, 1.54) is 16.2 Å². The molecule has 4 nitrogen and oxygen atoms in total. The lowest BCUT2D eigenvalue weighted by Crippen LogP contribution is -2.25. The van der Waals surface area contributed by atoms with Gasteiger partial charge in [0.1, 0.15) is 0 Å². The Hall–Kier alpha value is -1.24. The van der Waals surface area contributed by atoms with Gasteiger partial charge < -0.3 is 4.90 Å². The molecule has 0 radical (unpaired) electrons. The molecule has 0 aliphatic carbocycles. The zero-order chi connectivity index (χ0) is 13.4. The third-order valence-electron chi connectivity index (χ3n) is 3.11. The second kappa shape index (κ2) is 5.03. The summed E-state index contributed by atoms with van der Waals surface area (Å²) in [6.07, 6.45) is 0.969. The summed E-state index contributed by atoms with van der Waals surface area (Å²) >= 11 is 3.10. The SMILES string of the molecule is Cc1ccc(C(=O)Nc2nc3c(s2)CN(C)CC3)s1. The third-order valence-corrected chi connectivity index (χ3v) is 5.10. The van der Waals surface area contributed by atoms with Crippen molar-refractivity contribution < 1.29 is 4.79 Å². The van der Waals surface area contributed by atoms with Crippen LogP contribution >= 0.6 is 22.7 Å². The Balaban J connectivity index is 1.75. The summed E-state index contributed by atoms with van der Waals surface area (Å²) in [7, 11) is 2.11. The molecular weight excluding hydrogens is 278 g/mol. The number of thiazole rings is 1. The van der Waals surface area contributed by atoms with E-state index in [0.717, 1.165) is 40.1 Å². The topological polar surface area (TPSA) is 45.2 Å². The first kappa shape index (κ1) is 12.8. The Morgan fingerprint density at radius 3 is 3.00 bits per heavy atom. The molecule has 3 rings (SSSR count). The molecule has 0 saturated carbocycles. The minimum atomic E-state index is -0.0578. The van der Waals surface area contributed by atoms with Crippen LogP contribution in [0.3, 0.4) is 0 Å². The standard InChI is InChI=1S/C13H15N3OS2/c1-8-3-4-10(18-8)12(17)15-13-14-9-5-6-16(2)7-11(9)19-13/h3-4H,5-7H2,1-2H3,(H,14,15,17). The Labute approximate surface area is 120 Å². The van der Waals surface area contributed by atoms with Gasteiger partial charge in [-0.05, 0) is 26.1 Å². The van der Waals surface area contributed by atoms with E-state index >= 15 is 0 Å². The van der Waals surface area contributed by atoms with Crippen LogP contribution in [0.4, 0.5) is 5.13 Å². The summed E-state index contributed by atoms with van der Waals surface area (Å²) in [6.45, 7) is 3.97. The summed E-state index contributed by atoms with van der Waals surface area (Å²) < 4.78 is 0. The highest BCUT2D eigenvalue weighted by Gasteiger charge is 2.19. The van der Waals surface area contributed by atoms with Gasteiger partial charge in [0.05, 0.1) is 10.6 Å². The normalized spacial score (nSPS) is 15.3. The van der Waals surface area contributed by atoms with Crippen LogP contribution in [0.25, 0.3) is 0 Å². The second-order valence-corrected chi connectivity index (χ2v) is 7.11.